The second kappa shape index (κ2) is 4.71. The third kappa shape index (κ3) is 2.42. The first-order valence-electron chi connectivity index (χ1n) is 4.45. The third-order valence-corrected chi connectivity index (χ3v) is 2.52. The Hall–Kier alpha value is -0.670. The number of carbonyl (C=O) groups is 1. The van der Waals surface area contributed by atoms with E-state index in [4.69, 9.17) is 5.11 Å². The monoisotopic (exact) mass is 256 g/mol. The van der Waals surface area contributed by atoms with Gasteiger partial charge in [-0.25, -0.2) is 0 Å². The van der Waals surface area contributed by atoms with Crippen LogP contribution in [0.3, 0.4) is 0 Å². The van der Waals surface area contributed by atoms with Crippen molar-refractivity contribution in [2.24, 2.45) is 0 Å². The van der Waals surface area contributed by atoms with Crippen molar-refractivity contribution in [2.75, 3.05) is 0 Å². The Kier molecular flexibility index (Phi) is 3.84. The minimum atomic E-state index is -0.166. The number of aliphatic hydroxyl groups excluding tert-OH is 1. The van der Waals surface area contributed by atoms with Crippen LogP contribution in [0.2, 0.25) is 0 Å². The van der Waals surface area contributed by atoms with Gasteiger partial charge in [-0.2, -0.15) is 0 Å². The lowest BCUT2D eigenvalue weighted by Gasteiger charge is -2.07. The second-order valence-electron chi connectivity index (χ2n) is 3.29. The predicted octanol–water partition coefficient (Wildman–Crippen LogP) is 2.45. The lowest BCUT2D eigenvalue weighted by Crippen LogP contribution is -2.11. The first kappa shape index (κ1) is 11.4. The second-order valence-corrected chi connectivity index (χ2v) is 4.66. The minimum Gasteiger partial charge on any atom is -0.392 e. The first-order valence-corrected chi connectivity index (χ1v) is 5.36. The topological polar surface area (TPSA) is 37.3 Å². The molecule has 0 aliphatic heterocycles. The Morgan fingerprint density at radius 3 is 2.64 bits per heavy atom. The summed E-state index contributed by atoms with van der Waals surface area (Å²) < 4.78 is 0. The number of Topliss-reactive ketones (excluding diaryl/α,β-unsaturated/α-hetero) is 1. The molecule has 14 heavy (non-hydrogen) atoms. The molecule has 0 fully saturated rings. The lowest BCUT2D eigenvalue weighted by molar-refractivity contribution is 0.0995. The molecule has 76 valence electrons. The van der Waals surface area contributed by atoms with Gasteiger partial charge >= 0.3 is 0 Å². The van der Waals surface area contributed by atoms with Crippen LogP contribution in [-0.4, -0.2) is 15.7 Å². The van der Waals surface area contributed by atoms with Crippen molar-refractivity contribution in [1.82, 2.24) is 0 Å². The number of aliphatic hydroxyl groups is 1. The van der Waals surface area contributed by atoms with E-state index >= 15 is 0 Å². The van der Waals surface area contributed by atoms with Crippen LogP contribution in [0.1, 0.15) is 28.4 Å². The molecule has 2 nitrogen and oxygen atoms in total. The van der Waals surface area contributed by atoms with Crippen molar-refractivity contribution in [3.05, 3.63) is 34.9 Å². The summed E-state index contributed by atoms with van der Waals surface area (Å²) >= 11 is 3.25. The quantitative estimate of drug-likeness (QED) is 0.667. The molecule has 1 rings (SSSR count). The zero-order chi connectivity index (χ0) is 10.7. The van der Waals surface area contributed by atoms with Crippen molar-refractivity contribution in [1.29, 1.82) is 0 Å². The van der Waals surface area contributed by atoms with Crippen LogP contribution in [-0.2, 0) is 6.61 Å². The molecular formula is C11H13BrO2. The zero-order valence-electron chi connectivity index (χ0n) is 8.25. The van der Waals surface area contributed by atoms with Gasteiger partial charge in [0, 0.05) is 5.56 Å². The Balaban J connectivity index is 3.06. The number of aryl methyl sites for hydroxylation is 1. The van der Waals surface area contributed by atoms with Gasteiger partial charge in [-0.05, 0) is 25.0 Å². The number of carbonyl (C=O) groups excluding carboxylic acids is 1. The molecule has 0 saturated carbocycles. The highest BCUT2D eigenvalue weighted by molar-refractivity contribution is 9.10. The van der Waals surface area contributed by atoms with E-state index in [1.54, 1.807) is 12.1 Å². The predicted molar refractivity (Wildman–Crippen MR) is 59.8 cm³/mol. The largest absolute Gasteiger partial charge is 0.392 e. The number of benzene rings is 1. The van der Waals surface area contributed by atoms with E-state index in [1.807, 2.05) is 19.9 Å². The third-order valence-electron chi connectivity index (χ3n) is 2.10. The van der Waals surface area contributed by atoms with E-state index in [2.05, 4.69) is 15.9 Å². The number of ketones is 1. The van der Waals surface area contributed by atoms with Crippen molar-refractivity contribution >= 4 is 21.7 Å². The molecule has 0 heterocycles. The van der Waals surface area contributed by atoms with Crippen LogP contribution in [0.5, 0.6) is 0 Å². The van der Waals surface area contributed by atoms with Gasteiger partial charge in [0.25, 0.3) is 0 Å². The highest BCUT2D eigenvalue weighted by atomic mass is 79.9. The Morgan fingerprint density at radius 1 is 1.57 bits per heavy atom. The number of rotatable bonds is 3. The van der Waals surface area contributed by atoms with E-state index in [9.17, 15) is 4.79 Å². The van der Waals surface area contributed by atoms with Gasteiger partial charge < -0.3 is 5.11 Å². The summed E-state index contributed by atoms with van der Waals surface area (Å²) in [4.78, 5) is 11.5. The molecule has 0 spiro atoms. The maximum Gasteiger partial charge on any atom is 0.176 e. The molecule has 1 atom stereocenters. The Labute approximate surface area is 92.1 Å². The number of halogens is 1. The molecule has 1 aromatic carbocycles. The van der Waals surface area contributed by atoms with E-state index in [0.717, 1.165) is 11.1 Å². The van der Waals surface area contributed by atoms with Gasteiger partial charge in [0.1, 0.15) is 0 Å². The summed E-state index contributed by atoms with van der Waals surface area (Å²) in [5.74, 6) is 0.0759. The fourth-order valence-corrected chi connectivity index (χ4v) is 1.56. The Bertz CT molecular complexity index is 345. The normalized spacial score (nSPS) is 12.6. The molecule has 1 aromatic rings. The van der Waals surface area contributed by atoms with Gasteiger partial charge in [-0.3, -0.25) is 4.79 Å². The highest BCUT2D eigenvalue weighted by Crippen LogP contribution is 2.16. The molecule has 0 aliphatic rings. The van der Waals surface area contributed by atoms with Crippen molar-refractivity contribution < 1.29 is 9.90 Å². The van der Waals surface area contributed by atoms with Crippen molar-refractivity contribution in [3.8, 4) is 0 Å². The molecule has 3 heteroatoms. The zero-order valence-corrected chi connectivity index (χ0v) is 9.84. The maximum absolute atomic E-state index is 11.7. The van der Waals surface area contributed by atoms with Crippen molar-refractivity contribution in [3.63, 3.8) is 0 Å². The van der Waals surface area contributed by atoms with E-state index in [-0.39, 0.29) is 17.2 Å². The van der Waals surface area contributed by atoms with Gasteiger partial charge in [-0.15, -0.1) is 0 Å². The molecule has 0 amide bonds. The van der Waals surface area contributed by atoms with Gasteiger partial charge in [0.05, 0.1) is 11.4 Å². The maximum atomic E-state index is 11.7. The van der Waals surface area contributed by atoms with E-state index < -0.39 is 0 Å². The Morgan fingerprint density at radius 2 is 2.21 bits per heavy atom. The standard InChI is InChI=1S/C11H13BrO2/c1-7-5-9(6-13)3-4-10(7)11(14)8(2)12/h3-5,8,13H,6H2,1-2H3. The molecule has 0 aliphatic carbocycles. The van der Waals surface area contributed by atoms with Gasteiger partial charge in [0.2, 0.25) is 0 Å². The van der Waals surface area contributed by atoms with Crippen LogP contribution in [0.15, 0.2) is 18.2 Å². The van der Waals surface area contributed by atoms with E-state index in [0.29, 0.717) is 5.56 Å². The summed E-state index contributed by atoms with van der Waals surface area (Å²) in [7, 11) is 0. The summed E-state index contributed by atoms with van der Waals surface area (Å²) in [5, 5.41) is 8.91. The number of alkyl halides is 1. The van der Waals surface area contributed by atoms with Crippen LogP contribution in [0, 0.1) is 6.92 Å². The first-order chi connectivity index (χ1) is 6.56. The van der Waals surface area contributed by atoms with Crippen molar-refractivity contribution in [2.45, 2.75) is 25.3 Å². The SMILES string of the molecule is Cc1cc(CO)ccc1C(=O)C(C)Br. The summed E-state index contributed by atoms with van der Waals surface area (Å²) in [6.45, 7) is 3.70. The van der Waals surface area contributed by atoms with Gasteiger partial charge in [-0.1, -0.05) is 34.1 Å². The average molecular weight is 257 g/mol. The fourth-order valence-electron chi connectivity index (χ4n) is 1.31. The summed E-state index contributed by atoms with van der Waals surface area (Å²) in [6.07, 6.45) is 0. The number of hydrogen-bond donors (Lipinski definition) is 1. The molecule has 0 bridgehead atoms. The molecule has 0 aromatic heterocycles. The average Bonchev–Trinajstić information content (AvgIpc) is 2.16. The van der Waals surface area contributed by atoms with Crippen LogP contribution in [0.25, 0.3) is 0 Å². The van der Waals surface area contributed by atoms with Crippen LogP contribution < -0.4 is 0 Å². The van der Waals surface area contributed by atoms with Crippen LogP contribution in [0.4, 0.5) is 0 Å². The van der Waals surface area contributed by atoms with Gasteiger partial charge in [0.15, 0.2) is 5.78 Å². The fraction of sp³-hybridized carbons (Fsp3) is 0.364. The van der Waals surface area contributed by atoms with E-state index in [1.165, 1.54) is 0 Å². The molecule has 0 radical (unpaired) electrons. The highest BCUT2D eigenvalue weighted by Gasteiger charge is 2.13. The number of hydrogen-bond acceptors (Lipinski definition) is 2. The molecule has 1 unspecified atom stereocenters. The minimum absolute atomic E-state index is 0.0131. The smallest absolute Gasteiger partial charge is 0.176 e. The van der Waals surface area contributed by atoms with Crippen LogP contribution >= 0.6 is 15.9 Å². The molecular weight excluding hydrogens is 244 g/mol. The summed E-state index contributed by atoms with van der Waals surface area (Å²) in [6, 6.07) is 5.37. The lowest BCUT2D eigenvalue weighted by atomic mass is 10.0. The summed E-state index contributed by atoms with van der Waals surface area (Å²) in [5.41, 5.74) is 2.46. The molecule has 1 N–H and O–H groups in total. The molecule has 0 saturated heterocycles.